The van der Waals surface area contributed by atoms with Crippen LogP contribution < -0.4 is 11.1 Å². The van der Waals surface area contributed by atoms with Crippen LogP contribution in [0, 0.1) is 13.8 Å². The second-order valence-electron chi connectivity index (χ2n) is 7.71. The highest BCUT2D eigenvalue weighted by molar-refractivity contribution is 6.30. The van der Waals surface area contributed by atoms with Gasteiger partial charge in [-0.2, -0.15) is 0 Å². The Morgan fingerprint density at radius 1 is 0.938 bits per heavy atom. The number of nitrogens with one attached hydrogen (secondary N) is 1. The largest absolute Gasteiger partial charge is 0.384 e. The van der Waals surface area contributed by atoms with Crippen LogP contribution in [0.2, 0.25) is 5.02 Å². The maximum absolute atomic E-state index is 13.4. The smallest absolute Gasteiger partial charge is 0.261 e. The van der Waals surface area contributed by atoms with Crippen molar-refractivity contribution >= 4 is 51.2 Å². The summed E-state index contributed by atoms with van der Waals surface area (Å²) >= 11 is 6.07. The Morgan fingerprint density at radius 2 is 1.62 bits per heavy atom. The first kappa shape index (κ1) is 20.0. The third kappa shape index (κ3) is 3.35. The van der Waals surface area contributed by atoms with Crippen LogP contribution >= 0.6 is 11.6 Å². The summed E-state index contributed by atoms with van der Waals surface area (Å²) < 4.78 is 1.74. The number of nitrogen functional groups attached to an aromatic ring is 1. The lowest BCUT2D eigenvalue weighted by atomic mass is 10.1. The van der Waals surface area contributed by atoms with Gasteiger partial charge >= 0.3 is 0 Å². The number of para-hydroxylation sites is 2. The molecule has 3 N–H and O–H groups in total. The zero-order valence-electron chi connectivity index (χ0n) is 17.6. The van der Waals surface area contributed by atoms with Gasteiger partial charge in [-0.25, -0.2) is 9.97 Å². The van der Waals surface area contributed by atoms with E-state index in [0.717, 1.165) is 16.8 Å². The Labute approximate surface area is 189 Å². The van der Waals surface area contributed by atoms with Gasteiger partial charge in [0.2, 0.25) is 0 Å². The molecular weight excluding hydrogens is 422 g/mol. The molecule has 5 rings (SSSR count). The van der Waals surface area contributed by atoms with E-state index in [-0.39, 0.29) is 17.3 Å². The van der Waals surface area contributed by atoms with Gasteiger partial charge in [-0.15, -0.1) is 0 Å². The van der Waals surface area contributed by atoms with E-state index in [9.17, 15) is 4.79 Å². The number of nitrogens with two attached hydrogens (primary N) is 1. The van der Waals surface area contributed by atoms with Crippen molar-refractivity contribution in [3.8, 4) is 5.69 Å². The van der Waals surface area contributed by atoms with Crippen LogP contribution in [0.3, 0.4) is 0 Å². The van der Waals surface area contributed by atoms with Gasteiger partial charge < -0.3 is 11.1 Å². The summed E-state index contributed by atoms with van der Waals surface area (Å²) in [5.41, 5.74) is 12.9. The van der Waals surface area contributed by atoms with Crippen LogP contribution in [0.5, 0.6) is 0 Å². The fourth-order valence-electron chi connectivity index (χ4n) is 3.75. The Bertz CT molecular complexity index is 1510. The number of benzene rings is 3. The fourth-order valence-corrected chi connectivity index (χ4v) is 3.88. The third-order valence-electron chi connectivity index (χ3n) is 5.57. The molecule has 2 heterocycles. The first-order valence-corrected chi connectivity index (χ1v) is 10.5. The molecule has 2 aromatic heterocycles. The predicted molar refractivity (Wildman–Crippen MR) is 130 cm³/mol. The van der Waals surface area contributed by atoms with Crippen molar-refractivity contribution in [2.75, 3.05) is 11.1 Å². The van der Waals surface area contributed by atoms with Gasteiger partial charge in [-0.1, -0.05) is 29.8 Å². The van der Waals surface area contributed by atoms with E-state index in [1.807, 2.05) is 68.4 Å². The van der Waals surface area contributed by atoms with E-state index >= 15 is 0 Å². The molecule has 0 bridgehead atoms. The lowest BCUT2D eigenvalue weighted by Crippen LogP contribution is -2.14. The molecule has 0 aliphatic carbocycles. The highest BCUT2D eigenvalue weighted by Gasteiger charge is 2.25. The number of carbonyl (C=O) groups excluding carboxylic acids is 1. The van der Waals surface area contributed by atoms with Gasteiger partial charge in [0, 0.05) is 16.4 Å². The van der Waals surface area contributed by atoms with Gasteiger partial charge in [-0.3, -0.25) is 9.36 Å². The summed E-state index contributed by atoms with van der Waals surface area (Å²) in [6, 6.07) is 20.5. The minimum atomic E-state index is -0.340. The molecule has 0 saturated heterocycles. The molecular formula is C25H20ClN5O. The lowest BCUT2D eigenvalue weighted by Gasteiger charge is -2.09. The lowest BCUT2D eigenvalue weighted by molar-refractivity contribution is 0.102. The van der Waals surface area contributed by atoms with Crippen molar-refractivity contribution < 1.29 is 4.79 Å². The summed E-state index contributed by atoms with van der Waals surface area (Å²) in [4.78, 5) is 22.9. The van der Waals surface area contributed by atoms with E-state index in [4.69, 9.17) is 27.3 Å². The van der Waals surface area contributed by atoms with E-state index in [1.165, 1.54) is 0 Å². The Morgan fingerprint density at radius 3 is 2.31 bits per heavy atom. The SMILES string of the molecule is Cc1ccc(NC(=O)c2c(N)n(-c3ccc(Cl)cc3)c3nc4ccccc4nc23)cc1C. The number of amides is 1. The number of rotatable bonds is 3. The van der Waals surface area contributed by atoms with E-state index < -0.39 is 0 Å². The summed E-state index contributed by atoms with van der Waals surface area (Å²) in [5.74, 6) is -0.0768. The molecule has 0 aliphatic rings. The molecule has 0 unspecified atom stereocenters. The molecule has 7 heteroatoms. The summed E-state index contributed by atoms with van der Waals surface area (Å²) in [6.07, 6.45) is 0. The summed E-state index contributed by atoms with van der Waals surface area (Å²) in [6.45, 7) is 4.03. The van der Waals surface area contributed by atoms with Gasteiger partial charge in [-0.05, 0) is 73.5 Å². The average molecular weight is 442 g/mol. The number of aromatic nitrogens is 3. The van der Waals surface area contributed by atoms with Crippen LogP contribution in [0.1, 0.15) is 21.5 Å². The van der Waals surface area contributed by atoms with E-state index in [2.05, 4.69) is 5.32 Å². The Hall–Kier alpha value is -3.90. The van der Waals surface area contributed by atoms with Crippen LogP contribution in [-0.4, -0.2) is 20.4 Å². The van der Waals surface area contributed by atoms with Gasteiger partial charge in [0.05, 0.1) is 11.0 Å². The molecule has 0 fully saturated rings. The molecule has 158 valence electrons. The highest BCUT2D eigenvalue weighted by Crippen LogP contribution is 2.32. The molecule has 0 spiro atoms. The standard InChI is InChI=1S/C25H20ClN5O/c1-14-7-10-17(13-15(14)2)28-25(32)21-22-24(30-20-6-4-3-5-19(20)29-22)31(23(21)27)18-11-8-16(26)9-12-18/h3-13H,27H2,1-2H3,(H,28,32). The minimum Gasteiger partial charge on any atom is -0.384 e. The second-order valence-corrected chi connectivity index (χ2v) is 8.15. The predicted octanol–water partition coefficient (Wildman–Crippen LogP) is 5.68. The van der Waals surface area contributed by atoms with Crippen LogP contribution in [0.4, 0.5) is 11.5 Å². The number of anilines is 2. The van der Waals surface area contributed by atoms with Crippen molar-refractivity contribution in [2.45, 2.75) is 13.8 Å². The third-order valence-corrected chi connectivity index (χ3v) is 5.83. The highest BCUT2D eigenvalue weighted by atomic mass is 35.5. The zero-order chi connectivity index (χ0) is 22.4. The maximum atomic E-state index is 13.4. The Balaban J connectivity index is 1.73. The fraction of sp³-hybridized carbons (Fsp3) is 0.0800. The van der Waals surface area contributed by atoms with E-state index in [1.54, 1.807) is 16.7 Å². The normalized spacial score (nSPS) is 11.2. The van der Waals surface area contributed by atoms with Crippen molar-refractivity contribution in [1.82, 2.24) is 14.5 Å². The quantitative estimate of drug-likeness (QED) is 0.377. The molecule has 6 nitrogen and oxygen atoms in total. The Kier molecular flexibility index (Phi) is 4.79. The maximum Gasteiger partial charge on any atom is 0.261 e. The number of fused-ring (bicyclic) bond motifs is 2. The van der Waals surface area contributed by atoms with Crippen LogP contribution in [0.25, 0.3) is 27.9 Å². The first-order valence-electron chi connectivity index (χ1n) is 10.1. The van der Waals surface area contributed by atoms with Crippen LogP contribution in [0.15, 0.2) is 66.7 Å². The van der Waals surface area contributed by atoms with Gasteiger partial charge in [0.15, 0.2) is 5.65 Å². The van der Waals surface area contributed by atoms with Crippen molar-refractivity contribution in [1.29, 1.82) is 0 Å². The van der Waals surface area contributed by atoms with Crippen molar-refractivity contribution in [2.24, 2.45) is 0 Å². The number of carbonyl (C=O) groups is 1. The summed E-state index contributed by atoms with van der Waals surface area (Å²) in [5, 5.41) is 3.56. The number of hydrogen-bond acceptors (Lipinski definition) is 4. The monoisotopic (exact) mass is 441 g/mol. The molecule has 3 aromatic carbocycles. The zero-order valence-corrected chi connectivity index (χ0v) is 18.3. The molecule has 0 radical (unpaired) electrons. The van der Waals surface area contributed by atoms with Crippen molar-refractivity contribution in [3.05, 3.63) is 88.4 Å². The number of halogens is 1. The van der Waals surface area contributed by atoms with E-state index in [0.29, 0.717) is 32.9 Å². The molecule has 0 atom stereocenters. The van der Waals surface area contributed by atoms with Gasteiger partial charge in [0.25, 0.3) is 5.91 Å². The number of aryl methyl sites for hydroxylation is 2. The first-order chi connectivity index (χ1) is 15.4. The molecule has 5 aromatic rings. The molecule has 0 saturated carbocycles. The number of hydrogen-bond donors (Lipinski definition) is 2. The molecule has 32 heavy (non-hydrogen) atoms. The molecule has 0 aliphatic heterocycles. The number of nitrogens with zero attached hydrogens (tertiary/aromatic N) is 3. The molecule has 1 amide bonds. The minimum absolute atomic E-state index is 0.263. The van der Waals surface area contributed by atoms with Gasteiger partial charge in [0.1, 0.15) is 16.9 Å². The average Bonchev–Trinajstić information content (AvgIpc) is 3.06. The van der Waals surface area contributed by atoms with Crippen LogP contribution in [-0.2, 0) is 0 Å². The second kappa shape index (κ2) is 7.66. The topological polar surface area (TPSA) is 85.8 Å². The summed E-state index contributed by atoms with van der Waals surface area (Å²) in [7, 11) is 0. The van der Waals surface area contributed by atoms with Crippen molar-refractivity contribution in [3.63, 3.8) is 0 Å².